The number of Topliss-reactive ketones (excluding diaryl/α,β-unsaturated/α-hetero) is 1. The van der Waals surface area contributed by atoms with Gasteiger partial charge in [0.25, 0.3) is 0 Å². The van der Waals surface area contributed by atoms with Crippen molar-refractivity contribution in [1.82, 2.24) is 5.32 Å². The molecule has 0 heterocycles. The molecule has 0 fully saturated rings. The smallest absolute Gasteiger partial charge is 0.231 e. The van der Waals surface area contributed by atoms with E-state index in [9.17, 15) is 9.59 Å². The molecule has 0 bridgehead atoms. The van der Waals surface area contributed by atoms with Crippen LogP contribution in [-0.4, -0.2) is 37.9 Å². The largest absolute Gasteiger partial charge is 0.493 e. The second-order valence-corrected chi connectivity index (χ2v) is 7.76. The number of carbonyl (C=O) groups is 2. The first kappa shape index (κ1) is 24.5. The third-order valence-corrected chi connectivity index (χ3v) is 4.69. The summed E-state index contributed by atoms with van der Waals surface area (Å²) in [6.07, 6.45) is 2.10. The number of hydrogen-bond acceptors (Lipinski definition) is 5. The minimum Gasteiger partial charge on any atom is -0.493 e. The summed E-state index contributed by atoms with van der Waals surface area (Å²) < 4.78 is 10.5. The van der Waals surface area contributed by atoms with Crippen molar-refractivity contribution >= 4 is 17.6 Å². The topological polar surface area (TPSA) is 103 Å². The fourth-order valence-electron chi connectivity index (χ4n) is 2.89. The van der Waals surface area contributed by atoms with Crippen LogP contribution >= 0.6 is 0 Å². The van der Waals surface area contributed by atoms with Crippen LogP contribution in [0.2, 0.25) is 0 Å². The number of aliphatic imine (C=N–C) groups is 1. The summed E-state index contributed by atoms with van der Waals surface area (Å²) in [4.78, 5) is 29.3. The average molecular weight is 406 g/mol. The van der Waals surface area contributed by atoms with E-state index in [1.54, 1.807) is 25.3 Å². The number of nitrogens with one attached hydrogen (secondary N) is 1. The van der Waals surface area contributed by atoms with Gasteiger partial charge in [-0.3, -0.25) is 14.9 Å². The van der Waals surface area contributed by atoms with Gasteiger partial charge in [-0.15, -0.1) is 0 Å². The molecule has 3 N–H and O–H groups in total. The molecular weight excluding hydrogens is 370 g/mol. The number of nitrogens with two attached hydrogens (primary N) is 1. The number of ketones is 1. The molecule has 0 radical (unpaired) electrons. The van der Waals surface area contributed by atoms with E-state index in [0.29, 0.717) is 36.2 Å². The molecule has 0 unspecified atom stereocenters. The molecule has 0 saturated carbocycles. The first-order valence-corrected chi connectivity index (χ1v) is 10.1. The Morgan fingerprint density at radius 2 is 1.79 bits per heavy atom. The molecule has 0 saturated heterocycles. The van der Waals surface area contributed by atoms with Gasteiger partial charge in [-0.25, -0.2) is 4.99 Å². The molecule has 1 aromatic carbocycles. The summed E-state index contributed by atoms with van der Waals surface area (Å²) >= 11 is 0. The summed E-state index contributed by atoms with van der Waals surface area (Å²) in [5, 5.41) is 2.58. The number of methoxy groups -OCH3 is 2. The first-order valence-electron chi connectivity index (χ1n) is 10.1. The van der Waals surface area contributed by atoms with E-state index in [-0.39, 0.29) is 24.1 Å². The first-order chi connectivity index (χ1) is 13.7. The van der Waals surface area contributed by atoms with Crippen LogP contribution < -0.4 is 20.5 Å². The molecule has 0 aliphatic carbocycles. The highest BCUT2D eigenvalue weighted by Crippen LogP contribution is 2.27. The van der Waals surface area contributed by atoms with Crippen molar-refractivity contribution in [3.05, 3.63) is 23.8 Å². The Kier molecular flexibility index (Phi) is 10.2. The lowest BCUT2D eigenvalue weighted by atomic mass is 9.93. The Hall–Kier alpha value is -2.57. The summed E-state index contributed by atoms with van der Waals surface area (Å²) in [5.41, 5.74) is 6.68. The van der Waals surface area contributed by atoms with Gasteiger partial charge in [0.05, 0.1) is 20.6 Å². The zero-order chi connectivity index (χ0) is 22.0. The Balaban J connectivity index is 2.81. The Morgan fingerprint density at radius 3 is 2.34 bits per heavy atom. The number of nitrogens with zero attached hydrogens (tertiary/aromatic N) is 1. The Labute approximate surface area is 174 Å². The fourth-order valence-corrected chi connectivity index (χ4v) is 2.89. The summed E-state index contributed by atoms with van der Waals surface area (Å²) in [6.45, 7) is 8.17. The molecule has 0 spiro atoms. The van der Waals surface area contributed by atoms with Crippen LogP contribution in [0.15, 0.2) is 23.2 Å². The van der Waals surface area contributed by atoms with E-state index in [2.05, 4.69) is 17.2 Å². The van der Waals surface area contributed by atoms with Crippen LogP contribution in [0.25, 0.3) is 0 Å². The van der Waals surface area contributed by atoms with E-state index < -0.39 is 6.04 Å². The van der Waals surface area contributed by atoms with Gasteiger partial charge in [-0.05, 0) is 36.0 Å². The summed E-state index contributed by atoms with van der Waals surface area (Å²) in [7, 11) is 3.09. The third kappa shape index (κ3) is 8.54. The van der Waals surface area contributed by atoms with Gasteiger partial charge in [0.15, 0.2) is 23.2 Å². The number of carbonyl (C=O) groups excluding carboxylic acids is 2. The predicted molar refractivity (Wildman–Crippen MR) is 115 cm³/mol. The van der Waals surface area contributed by atoms with Crippen molar-refractivity contribution in [1.29, 1.82) is 0 Å². The van der Waals surface area contributed by atoms with E-state index in [0.717, 1.165) is 12.0 Å². The lowest BCUT2D eigenvalue weighted by molar-refractivity contribution is -0.121. The second kappa shape index (κ2) is 12.1. The van der Waals surface area contributed by atoms with Gasteiger partial charge in [0.2, 0.25) is 5.91 Å². The van der Waals surface area contributed by atoms with Gasteiger partial charge in [0, 0.05) is 6.42 Å². The average Bonchev–Trinajstić information content (AvgIpc) is 2.66. The van der Waals surface area contributed by atoms with Crippen molar-refractivity contribution in [3.63, 3.8) is 0 Å². The van der Waals surface area contributed by atoms with E-state index in [1.165, 1.54) is 7.11 Å². The summed E-state index contributed by atoms with van der Waals surface area (Å²) in [6, 6.07) is 4.73. The number of hydrogen-bond donors (Lipinski definition) is 2. The SMILES string of the molecule is CC[C@H](C)CC(=O)[C@@H](CC(C)C)N=C(N)NC(=O)Cc1ccc(OC)c(OC)c1. The normalized spacial score (nSPS) is 13.7. The number of guanidine groups is 1. The molecule has 162 valence electrons. The van der Waals surface area contributed by atoms with Gasteiger partial charge in [-0.2, -0.15) is 0 Å². The van der Waals surface area contributed by atoms with Crippen molar-refractivity contribution < 1.29 is 19.1 Å². The van der Waals surface area contributed by atoms with E-state index >= 15 is 0 Å². The quantitative estimate of drug-likeness (QED) is 0.435. The lowest BCUT2D eigenvalue weighted by Crippen LogP contribution is -2.39. The maximum atomic E-state index is 12.6. The number of ether oxygens (including phenoxy) is 2. The Bertz CT molecular complexity index is 716. The Morgan fingerprint density at radius 1 is 1.14 bits per heavy atom. The molecule has 0 aliphatic heterocycles. The molecule has 0 aromatic heterocycles. The summed E-state index contributed by atoms with van der Waals surface area (Å²) in [5.74, 6) is 1.45. The molecular formula is C22H35N3O4. The second-order valence-electron chi connectivity index (χ2n) is 7.76. The van der Waals surface area contributed by atoms with Crippen LogP contribution in [0.1, 0.15) is 52.5 Å². The molecule has 29 heavy (non-hydrogen) atoms. The zero-order valence-electron chi connectivity index (χ0n) is 18.5. The van der Waals surface area contributed by atoms with Crippen LogP contribution in [0.3, 0.4) is 0 Å². The predicted octanol–water partition coefficient (Wildman–Crippen LogP) is 3.10. The van der Waals surface area contributed by atoms with Gasteiger partial charge < -0.3 is 15.2 Å². The highest BCUT2D eigenvalue weighted by Gasteiger charge is 2.21. The molecule has 1 aromatic rings. The number of rotatable bonds is 11. The monoisotopic (exact) mass is 405 g/mol. The van der Waals surface area contributed by atoms with Crippen LogP contribution in [0, 0.1) is 11.8 Å². The lowest BCUT2D eigenvalue weighted by Gasteiger charge is -2.17. The van der Waals surface area contributed by atoms with Gasteiger partial charge in [-0.1, -0.05) is 40.2 Å². The third-order valence-electron chi connectivity index (χ3n) is 4.69. The van der Waals surface area contributed by atoms with Crippen molar-refractivity contribution in [3.8, 4) is 11.5 Å². The highest BCUT2D eigenvalue weighted by molar-refractivity contribution is 5.98. The van der Waals surface area contributed by atoms with E-state index in [4.69, 9.17) is 15.2 Å². The van der Waals surface area contributed by atoms with E-state index in [1.807, 2.05) is 20.8 Å². The molecule has 1 rings (SSSR count). The molecule has 2 atom stereocenters. The van der Waals surface area contributed by atoms with Crippen molar-refractivity contribution in [2.45, 2.75) is 59.4 Å². The highest BCUT2D eigenvalue weighted by atomic mass is 16.5. The minimum atomic E-state index is -0.537. The standard InChI is InChI=1S/C22H35N3O4/c1-7-15(4)11-18(26)17(10-14(2)3)24-22(23)25-21(27)13-16-8-9-19(28-5)20(12-16)29-6/h8-9,12,14-15,17H,7,10-11,13H2,1-6H3,(H3,23,24,25,27)/t15-,17+/m0/s1. The molecule has 0 aliphatic rings. The van der Waals surface area contributed by atoms with Crippen LogP contribution in [-0.2, 0) is 16.0 Å². The number of amides is 1. The van der Waals surface area contributed by atoms with Crippen LogP contribution in [0.5, 0.6) is 11.5 Å². The maximum Gasteiger partial charge on any atom is 0.231 e. The van der Waals surface area contributed by atoms with Gasteiger partial charge in [0.1, 0.15) is 6.04 Å². The minimum absolute atomic E-state index is 0.0290. The van der Waals surface area contributed by atoms with Crippen LogP contribution in [0.4, 0.5) is 0 Å². The van der Waals surface area contributed by atoms with Crippen molar-refractivity contribution in [2.24, 2.45) is 22.6 Å². The molecule has 7 nitrogen and oxygen atoms in total. The maximum absolute atomic E-state index is 12.6. The molecule has 1 amide bonds. The van der Waals surface area contributed by atoms with Crippen molar-refractivity contribution in [2.75, 3.05) is 14.2 Å². The number of benzene rings is 1. The fraction of sp³-hybridized carbons (Fsp3) is 0.591. The molecule has 7 heteroatoms. The van der Waals surface area contributed by atoms with Gasteiger partial charge >= 0.3 is 0 Å². The zero-order valence-corrected chi connectivity index (χ0v) is 18.5.